The Morgan fingerprint density at radius 2 is 2.25 bits per heavy atom. The normalized spacial score (nSPS) is 15.0. The highest BCUT2D eigenvalue weighted by Crippen LogP contribution is 2.30. The molecule has 0 unspecified atom stereocenters. The van der Waals surface area contributed by atoms with Gasteiger partial charge in [0, 0.05) is 5.56 Å². The van der Waals surface area contributed by atoms with Gasteiger partial charge in [0.25, 0.3) is 0 Å². The molecule has 1 fully saturated rings. The monoisotopic (exact) mass is 215 g/mol. The topological polar surface area (TPSA) is 63.9 Å². The largest absolute Gasteiger partial charge is 0.490 e. The maximum atomic E-state index is 5.78. The molecule has 4 nitrogen and oxygen atoms in total. The number of rotatable bonds is 3. The van der Waals surface area contributed by atoms with E-state index in [2.05, 4.69) is 10.2 Å². The van der Waals surface area contributed by atoms with Crippen molar-refractivity contribution in [3.63, 3.8) is 0 Å². The summed E-state index contributed by atoms with van der Waals surface area (Å²) in [6, 6.07) is 7.94. The fraction of sp³-hybridized carbons (Fsp3) is 0.250. The lowest BCUT2D eigenvalue weighted by atomic mass is 10.1. The molecule has 1 aliphatic carbocycles. The van der Waals surface area contributed by atoms with Crippen molar-refractivity contribution in [3.05, 3.63) is 30.5 Å². The van der Waals surface area contributed by atoms with Crippen LogP contribution in [-0.2, 0) is 0 Å². The van der Waals surface area contributed by atoms with Crippen LogP contribution in [0.1, 0.15) is 12.8 Å². The molecule has 0 spiro atoms. The zero-order valence-electron chi connectivity index (χ0n) is 8.81. The number of nitrogen functional groups attached to an aromatic ring is 1. The maximum absolute atomic E-state index is 5.78. The minimum Gasteiger partial charge on any atom is -0.490 e. The predicted octanol–water partition coefficient (Wildman–Crippen LogP) is 2.20. The summed E-state index contributed by atoms with van der Waals surface area (Å²) in [5, 5.41) is 6.64. The van der Waals surface area contributed by atoms with Crippen molar-refractivity contribution in [2.75, 3.05) is 5.73 Å². The zero-order chi connectivity index (χ0) is 11.0. The van der Waals surface area contributed by atoms with E-state index in [9.17, 15) is 0 Å². The molecule has 1 aromatic heterocycles. The minimum atomic E-state index is 0.414. The summed E-state index contributed by atoms with van der Waals surface area (Å²) in [6.45, 7) is 0. The highest BCUT2D eigenvalue weighted by Gasteiger charge is 2.23. The average molecular weight is 215 g/mol. The second-order valence-electron chi connectivity index (χ2n) is 4.04. The summed E-state index contributed by atoms with van der Waals surface area (Å²) in [5.41, 5.74) is 7.73. The first-order chi connectivity index (χ1) is 7.83. The van der Waals surface area contributed by atoms with E-state index in [4.69, 9.17) is 10.5 Å². The smallest absolute Gasteiger partial charge is 0.126 e. The van der Waals surface area contributed by atoms with Gasteiger partial charge in [-0.2, -0.15) is 5.10 Å². The van der Waals surface area contributed by atoms with Crippen LogP contribution in [0.15, 0.2) is 30.5 Å². The Hall–Kier alpha value is -1.97. The van der Waals surface area contributed by atoms with Crippen LogP contribution in [0.3, 0.4) is 0 Å². The Morgan fingerprint density at radius 1 is 1.38 bits per heavy atom. The number of nitrogens with two attached hydrogens (primary N) is 1. The summed E-state index contributed by atoms with van der Waals surface area (Å²) in [6.07, 6.45) is 4.47. The number of aromatic nitrogens is 2. The quantitative estimate of drug-likeness (QED) is 0.825. The molecule has 1 aromatic carbocycles. The number of aromatic amines is 1. The molecule has 16 heavy (non-hydrogen) atoms. The molecular weight excluding hydrogens is 202 g/mol. The van der Waals surface area contributed by atoms with Crippen LogP contribution in [-0.4, -0.2) is 16.3 Å². The lowest BCUT2D eigenvalue weighted by molar-refractivity contribution is 0.303. The number of anilines is 1. The number of nitrogens with one attached hydrogen (secondary N) is 1. The maximum Gasteiger partial charge on any atom is 0.126 e. The summed E-state index contributed by atoms with van der Waals surface area (Å²) in [7, 11) is 0. The molecule has 82 valence electrons. The van der Waals surface area contributed by atoms with E-state index in [1.165, 1.54) is 0 Å². The van der Waals surface area contributed by atoms with Crippen molar-refractivity contribution in [2.45, 2.75) is 18.9 Å². The fourth-order valence-corrected chi connectivity index (χ4v) is 1.64. The first kappa shape index (κ1) is 9.27. The Balaban J connectivity index is 1.92. The van der Waals surface area contributed by atoms with Gasteiger partial charge in [0.2, 0.25) is 0 Å². The van der Waals surface area contributed by atoms with Crippen LogP contribution in [0, 0.1) is 0 Å². The lowest BCUT2D eigenvalue weighted by Gasteiger charge is -2.06. The van der Waals surface area contributed by atoms with Crippen LogP contribution in [0.5, 0.6) is 5.75 Å². The van der Waals surface area contributed by atoms with Crippen LogP contribution in [0.4, 0.5) is 5.82 Å². The molecule has 0 aliphatic heterocycles. The van der Waals surface area contributed by atoms with Crippen LogP contribution in [0.25, 0.3) is 11.1 Å². The van der Waals surface area contributed by atoms with E-state index >= 15 is 0 Å². The van der Waals surface area contributed by atoms with Crippen molar-refractivity contribution in [2.24, 2.45) is 0 Å². The van der Waals surface area contributed by atoms with Gasteiger partial charge in [0.05, 0.1) is 12.3 Å². The Kier molecular flexibility index (Phi) is 2.06. The third-order valence-corrected chi connectivity index (χ3v) is 2.64. The van der Waals surface area contributed by atoms with E-state index in [0.29, 0.717) is 11.9 Å². The van der Waals surface area contributed by atoms with Gasteiger partial charge in [-0.1, -0.05) is 12.1 Å². The van der Waals surface area contributed by atoms with Crippen molar-refractivity contribution < 1.29 is 4.74 Å². The molecular formula is C12H13N3O. The molecule has 4 heteroatoms. The summed E-state index contributed by atoms with van der Waals surface area (Å²) >= 11 is 0. The van der Waals surface area contributed by atoms with Crippen molar-refractivity contribution in [3.8, 4) is 16.9 Å². The van der Waals surface area contributed by atoms with Crippen molar-refractivity contribution >= 4 is 5.82 Å². The van der Waals surface area contributed by atoms with Gasteiger partial charge in [-0.25, -0.2) is 0 Å². The van der Waals surface area contributed by atoms with Crippen LogP contribution in [0.2, 0.25) is 0 Å². The second kappa shape index (κ2) is 3.56. The predicted molar refractivity (Wildman–Crippen MR) is 62.1 cm³/mol. The van der Waals surface area contributed by atoms with Gasteiger partial charge in [-0.15, -0.1) is 0 Å². The standard InChI is InChI=1S/C12H13N3O/c13-12-11(7-14-15-12)8-2-1-3-10(6-8)16-9-4-5-9/h1-3,6-7,9H,4-5H2,(H3,13,14,15). The second-order valence-corrected chi connectivity index (χ2v) is 4.04. The molecule has 3 rings (SSSR count). The molecule has 0 atom stereocenters. The molecule has 0 bridgehead atoms. The summed E-state index contributed by atoms with van der Waals surface area (Å²) in [5.74, 6) is 1.49. The fourth-order valence-electron chi connectivity index (χ4n) is 1.64. The number of H-pyrrole nitrogens is 1. The third-order valence-electron chi connectivity index (χ3n) is 2.64. The van der Waals surface area contributed by atoms with Gasteiger partial charge >= 0.3 is 0 Å². The lowest BCUT2D eigenvalue weighted by Crippen LogP contribution is -1.95. The molecule has 0 saturated heterocycles. The molecule has 0 radical (unpaired) electrons. The molecule has 2 aromatic rings. The first-order valence-corrected chi connectivity index (χ1v) is 5.39. The zero-order valence-corrected chi connectivity index (χ0v) is 8.81. The highest BCUT2D eigenvalue weighted by atomic mass is 16.5. The Morgan fingerprint density at radius 3 is 2.94 bits per heavy atom. The molecule has 0 amide bonds. The van der Waals surface area contributed by atoms with Gasteiger partial charge < -0.3 is 10.5 Å². The highest BCUT2D eigenvalue weighted by molar-refractivity contribution is 5.73. The van der Waals surface area contributed by atoms with E-state index in [1.54, 1.807) is 6.20 Å². The van der Waals surface area contributed by atoms with Gasteiger partial charge in [0.1, 0.15) is 11.6 Å². The Labute approximate surface area is 93.4 Å². The van der Waals surface area contributed by atoms with E-state index in [-0.39, 0.29) is 0 Å². The molecule has 1 aliphatic rings. The minimum absolute atomic E-state index is 0.414. The van der Waals surface area contributed by atoms with Gasteiger partial charge in [-0.3, -0.25) is 5.10 Å². The first-order valence-electron chi connectivity index (χ1n) is 5.39. The number of ether oxygens (including phenoxy) is 1. The van der Waals surface area contributed by atoms with Crippen molar-refractivity contribution in [1.82, 2.24) is 10.2 Å². The molecule has 1 saturated carbocycles. The molecule has 1 heterocycles. The van der Waals surface area contributed by atoms with Crippen LogP contribution < -0.4 is 10.5 Å². The summed E-state index contributed by atoms with van der Waals surface area (Å²) < 4.78 is 5.73. The number of hydrogen-bond donors (Lipinski definition) is 2. The molecule has 3 N–H and O–H groups in total. The number of benzene rings is 1. The van der Waals surface area contributed by atoms with Gasteiger partial charge in [0.15, 0.2) is 0 Å². The summed E-state index contributed by atoms with van der Waals surface area (Å²) in [4.78, 5) is 0. The number of hydrogen-bond acceptors (Lipinski definition) is 3. The van der Waals surface area contributed by atoms with Crippen molar-refractivity contribution in [1.29, 1.82) is 0 Å². The number of nitrogens with zero attached hydrogens (tertiary/aromatic N) is 1. The van der Waals surface area contributed by atoms with E-state index in [0.717, 1.165) is 29.7 Å². The van der Waals surface area contributed by atoms with Gasteiger partial charge in [-0.05, 0) is 30.5 Å². The Bertz CT molecular complexity index is 502. The van der Waals surface area contributed by atoms with E-state index in [1.807, 2.05) is 24.3 Å². The van der Waals surface area contributed by atoms with E-state index < -0.39 is 0 Å². The third kappa shape index (κ3) is 1.74. The average Bonchev–Trinajstić information content (AvgIpc) is 2.99. The SMILES string of the molecule is Nc1[nH]ncc1-c1cccc(OC2CC2)c1. The van der Waals surface area contributed by atoms with Crippen LogP contribution >= 0.6 is 0 Å².